The van der Waals surface area contributed by atoms with Crippen LogP contribution in [0.4, 0.5) is 0 Å². The van der Waals surface area contributed by atoms with Crippen molar-refractivity contribution in [1.82, 2.24) is 5.32 Å². The molecule has 0 radical (unpaired) electrons. The second-order valence-corrected chi connectivity index (χ2v) is 1.96. The normalized spacial score (nSPS) is 20.9. The minimum Gasteiger partial charge on any atom is -0.340 e. The van der Waals surface area contributed by atoms with Gasteiger partial charge in [-0.2, -0.15) is 5.26 Å². The van der Waals surface area contributed by atoms with Crippen molar-refractivity contribution in [1.29, 1.82) is 5.26 Å². The summed E-state index contributed by atoms with van der Waals surface area (Å²) >= 11 is 0. The highest BCUT2D eigenvalue weighted by atomic mass is 16.1. The van der Waals surface area contributed by atoms with Crippen LogP contribution in [0.15, 0.2) is 0 Å². The molecule has 1 N–H and O–H groups in total. The summed E-state index contributed by atoms with van der Waals surface area (Å²) in [6.07, 6.45) is 2.20. The Morgan fingerprint density at radius 2 is 2.38 bits per heavy atom. The van der Waals surface area contributed by atoms with Gasteiger partial charge in [0.2, 0.25) is 6.41 Å². The van der Waals surface area contributed by atoms with E-state index in [9.17, 15) is 4.79 Å². The number of nitriles is 1. The smallest absolute Gasteiger partial charge is 0.208 e. The van der Waals surface area contributed by atoms with Gasteiger partial charge in [-0.25, -0.2) is 0 Å². The lowest BCUT2D eigenvalue weighted by Gasteiger charge is -1.98. The highest BCUT2D eigenvalue weighted by Crippen LogP contribution is 2.33. The lowest BCUT2D eigenvalue weighted by Crippen LogP contribution is -2.27. The molecule has 1 amide bonds. The maximum absolute atomic E-state index is 9.76. The van der Waals surface area contributed by atoms with Crippen molar-refractivity contribution in [2.75, 3.05) is 0 Å². The molecule has 3 nitrogen and oxygen atoms in total. The highest BCUT2D eigenvalue weighted by molar-refractivity contribution is 5.51. The standard InChI is InChI=1S/C5H6N2O/c6-3-5(1-2-5)7-4-8/h4H,1-2H2,(H,7,8). The Morgan fingerprint density at radius 3 is 2.50 bits per heavy atom. The maximum Gasteiger partial charge on any atom is 0.208 e. The van der Waals surface area contributed by atoms with E-state index in [4.69, 9.17) is 5.26 Å². The SMILES string of the molecule is N#CC1(NC=O)CC1. The van der Waals surface area contributed by atoms with Gasteiger partial charge in [-0.15, -0.1) is 0 Å². The van der Waals surface area contributed by atoms with Crippen LogP contribution in [-0.4, -0.2) is 11.9 Å². The Morgan fingerprint density at radius 1 is 1.75 bits per heavy atom. The van der Waals surface area contributed by atoms with Crippen LogP contribution in [0.1, 0.15) is 12.8 Å². The molecule has 1 aliphatic carbocycles. The molecular weight excluding hydrogens is 104 g/mol. The molecule has 8 heavy (non-hydrogen) atoms. The molecule has 0 unspecified atom stereocenters. The van der Waals surface area contributed by atoms with Gasteiger partial charge in [0.25, 0.3) is 0 Å². The predicted octanol–water partition coefficient (Wildman–Crippen LogP) is -0.211. The van der Waals surface area contributed by atoms with Gasteiger partial charge >= 0.3 is 0 Å². The molecule has 0 bridgehead atoms. The predicted molar refractivity (Wildman–Crippen MR) is 26.8 cm³/mol. The van der Waals surface area contributed by atoms with E-state index in [0.29, 0.717) is 6.41 Å². The van der Waals surface area contributed by atoms with E-state index >= 15 is 0 Å². The Hall–Kier alpha value is -1.04. The van der Waals surface area contributed by atoms with E-state index in [2.05, 4.69) is 5.32 Å². The minimum absolute atomic E-state index is 0.470. The summed E-state index contributed by atoms with van der Waals surface area (Å²) in [5.41, 5.74) is -0.470. The van der Waals surface area contributed by atoms with Crippen molar-refractivity contribution in [3.05, 3.63) is 0 Å². The van der Waals surface area contributed by atoms with Gasteiger partial charge in [0, 0.05) is 0 Å². The Balaban J connectivity index is 2.44. The summed E-state index contributed by atoms with van der Waals surface area (Å²) in [5, 5.41) is 10.8. The summed E-state index contributed by atoms with van der Waals surface area (Å²) in [4.78, 5) is 9.76. The zero-order chi connectivity index (χ0) is 6.04. The molecule has 1 fully saturated rings. The molecule has 1 saturated carbocycles. The first kappa shape index (κ1) is 5.10. The van der Waals surface area contributed by atoms with Crippen LogP contribution >= 0.6 is 0 Å². The quantitative estimate of drug-likeness (QED) is 0.500. The second-order valence-electron chi connectivity index (χ2n) is 1.96. The molecule has 42 valence electrons. The molecular formula is C5H6N2O. The third-order valence-electron chi connectivity index (χ3n) is 1.30. The van der Waals surface area contributed by atoms with Crippen LogP contribution in [-0.2, 0) is 4.79 Å². The fraction of sp³-hybridized carbons (Fsp3) is 0.600. The van der Waals surface area contributed by atoms with Gasteiger partial charge in [0.1, 0.15) is 5.54 Å². The van der Waals surface area contributed by atoms with Crippen molar-refractivity contribution in [2.45, 2.75) is 18.4 Å². The van der Waals surface area contributed by atoms with E-state index in [0.717, 1.165) is 12.8 Å². The van der Waals surface area contributed by atoms with E-state index in [1.54, 1.807) is 0 Å². The number of carbonyl (C=O) groups excluding carboxylic acids is 1. The van der Waals surface area contributed by atoms with E-state index in [1.807, 2.05) is 6.07 Å². The summed E-state index contributed by atoms with van der Waals surface area (Å²) in [7, 11) is 0. The zero-order valence-electron chi connectivity index (χ0n) is 4.35. The maximum atomic E-state index is 9.76. The van der Waals surface area contributed by atoms with Crippen molar-refractivity contribution < 1.29 is 4.79 Å². The lowest BCUT2D eigenvalue weighted by atomic mass is 10.3. The topological polar surface area (TPSA) is 52.9 Å². The first-order valence-corrected chi connectivity index (χ1v) is 2.46. The summed E-state index contributed by atoms with van der Waals surface area (Å²) in [5.74, 6) is 0. The molecule has 0 atom stereocenters. The van der Waals surface area contributed by atoms with Gasteiger partial charge in [-0.05, 0) is 12.8 Å². The molecule has 3 heteroatoms. The molecule has 0 saturated heterocycles. The van der Waals surface area contributed by atoms with Crippen LogP contribution < -0.4 is 5.32 Å². The van der Waals surface area contributed by atoms with Crippen molar-refractivity contribution in [2.24, 2.45) is 0 Å². The van der Waals surface area contributed by atoms with Crippen molar-refractivity contribution in [3.63, 3.8) is 0 Å². The first-order valence-electron chi connectivity index (χ1n) is 2.46. The number of hydrogen-bond acceptors (Lipinski definition) is 2. The molecule has 0 spiro atoms. The van der Waals surface area contributed by atoms with Crippen molar-refractivity contribution >= 4 is 6.41 Å². The average Bonchev–Trinajstić information content (AvgIpc) is 2.50. The number of nitrogens with one attached hydrogen (secondary N) is 1. The Kier molecular flexibility index (Phi) is 0.943. The fourth-order valence-electron chi connectivity index (χ4n) is 0.526. The molecule has 0 heterocycles. The monoisotopic (exact) mass is 110 g/mol. The number of rotatable bonds is 2. The molecule has 1 rings (SSSR count). The molecule has 0 aromatic rings. The van der Waals surface area contributed by atoms with Crippen LogP contribution in [0.5, 0.6) is 0 Å². The number of hydrogen-bond donors (Lipinski definition) is 1. The van der Waals surface area contributed by atoms with Crippen LogP contribution in [0.25, 0.3) is 0 Å². The summed E-state index contributed by atoms with van der Waals surface area (Å²) in [6, 6.07) is 2.01. The number of carbonyl (C=O) groups is 1. The lowest BCUT2D eigenvalue weighted by molar-refractivity contribution is -0.110. The third kappa shape index (κ3) is 0.648. The second kappa shape index (κ2) is 1.48. The summed E-state index contributed by atoms with van der Waals surface area (Å²) in [6.45, 7) is 0. The van der Waals surface area contributed by atoms with Gasteiger partial charge in [0.15, 0.2) is 0 Å². The van der Waals surface area contributed by atoms with Crippen LogP contribution in [0.2, 0.25) is 0 Å². The number of amides is 1. The summed E-state index contributed by atoms with van der Waals surface area (Å²) < 4.78 is 0. The van der Waals surface area contributed by atoms with Crippen molar-refractivity contribution in [3.8, 4) is 6.07 Å². The number of nitrogens with zero attached hydrogens (tertiary/aromatic N) is 1. The molecule has 0 aromatic carbocycles. The van der Waals surface area contributed by atoms with E-state index in [1.165, 1.54) is 0 Å². The zero-order valence-corrected chi connectivity index (χ0v) is 4.35. The largest absolute Gasteiger partial charge is 0.340 e. The van der Waals surface area contributed by atoms with Crippen LogP contribution in [0, 0.1) is 11.3 Å². The van der Waals surface area contributed by atoms with Gasteiger partial charge < -0.3 is 5.32 Å². The van der Waals surface area contributed by atoms with Crippen LogP contribution in [0.3, 0.4) is 0 Å². The van der Waals surface area contributed by atoms with Gasteiger partial charge in [0.05, 0.1) is 6.07 Å². The van der Waals surface area contributed by atoms with E-state index < -0.39 is 5.54 Å². The van der Waals surface area contributed by atoms with E-state index in [-0.39, 0.29) is 0 Å². The minimum atomic E-state index is -0.470. The average molecular weight is 110 g/mol. The Bertz CT molecular complexity index is 143. The molecule has 0 aliphatic heterocycles. The fourth-order valence-corrected chi connectivity index (χ4v) is 0.526. The van der Waals surface area contributed by atoms with Gasteiger partial charge in [-0.3, -0.25) is 4.79 Å². The van der Waals surface area contributed by atoms with Gasteiger partial charge in [-0.1, -0.05) is 0 Å². The third-order valence-corrected chi connectivity index (χ3v) is 1.30. The highest BCUT2D eigenvalue weighted by Gasteiger charge is 2.42. The molecule has 0 aromatic heterocycles. The molecule has 1 aliphatic rings. The Labute approximate surface area is 47.3 Å². The first-order chi connectivity index (χ1) is 3.83.